The highest BCUT2D eigenvalue weighted by molar-refractivity contribution is 9.10. The van der Waals surface area contributed by atoms with E-state index in [1.165, 1.54) is 99.0 Å². The lowest BCUT2D eigenvalue weighted by atomic mass is 9.67. The molecule has 1 aliphatic carbocycles. The standard InChI is InChI=1S/C57H36BrN/c58-43-20-13-15-40(34-43)37-26-28-39(29-27-37)50-36-54-56(49-24-10-9-22-46(49)50)55-45-21-8-7-14-38(45)30-33-53(55)59(54)44-31-32-48-47-23-11-12-25-51(47)57(52(48)35-44,41-16-3-1-4-17-41)42-18-5-2-6-19-42/h1-36H. The normalized spacial score (nSPS) is 13.0. The second-order valence-electron chi connectivity index (χ2n) is 15.7. The van der Waals surface area contributed by atoms with Gasteiger partial charge in [0.1, 0.15) is 0 Å². The fourth-order valence-corrected chi connectivity index (χ4v) is 10.6. The first-order valence-electron chi connectivity index (χ1n) is 20.3. The number of benzene rings is 10. The van der Waals surface area contributed by atoms with Gasteiger partial charge in [-0.3, -0.25) is 0 Å². The molecule has 0 saturated carbocycles. The van der Waals surface area contributed by atoms with Gasteiger partial charge < -0.3 is 4.57 Å². The molecule has 2 heteroatoms. The van der Waals surface area contributed by atoms with Crippen LogP contribution in [0, 0.1) is 0 Å². The van der Waals surface area contributed by atoms with Crippen LogP contribution in [0.2, 0.25) is 0 Å². The molecule has 0 N–H and O–H groups in total. The maximum Gasteiger partial charge on any atom is 0.0714 e. The summed E-state index contributed by atoms with van der Waals surface area (Å²) in [4.78, 5) is 0. The van der Waals surface area contributed by atoms with Gasteiger partial charge in [-0.2, -0.15) is 0 Å². The van der Waals surface area contributed by atoms with Crippen molar-refractivity contribution in [1.82, 2.24) is 4.57 Å². The second-order valence-corrected chi connectivity index (χ2v) is 16.6. The Bertz CT molecular complexity index is 3390. The maximum atomic E-state index is 3.67. The van der Waals surface area contributed by atoms with Crippen LogP contribution in [0.15, 0.2) is 223 Å². The Kier molecular flexibility index (Phi) is 7.67. The van der Waals surface area contributed by atoms with E-state index in [4.69, 9.17) is 0 Å². The van der Waals surface area contributed by atoms with E-state index in [2.05, 4.69) is 239 Å². The largest absolute Gasteiger partial charge is 0.309 e. The van der Waals surface area contributed by atoms with Crippen LogP contribution in [0.4, 0.5) is 0 Å². The molecule has 0 spiro atoms. The topological polar surface area (TPSA) is 4.93 Å². The van der Waals surface area contributed by atoms with Gasteiger partial charge >= 0.3 is 0 Å². The zero-order chi connectivity index (χ0) is 39.1. The van der Waals surface area contributed by atoms with Gasteiger partial charge in [-0.05, 0) is 114 Å². The molecule has 0 unspecified atom stereocenters. The molecule has 276 valence electrons. The summed E-state index contributed by atoms with van der Waals surface area (Å²) in [6.07, 6.45) is 0. The molecule has 59 heavy (non-hydrogen) atoms. The van der Waals surface area contributed by atoms with Gasteiger partial charge in [0.15, 0.2) is 0 Å². The minimum absolute atomic E-state index is 0.496. The zero-order valence-corrected chi connectivity index (χ0v) is 33.7. The molecule has 0 atom stereocenters. The van der Waals surface area contributed by atoms with Crippen molar-refractivity contribution in [2.24, 2.45) is 0 Å². The third-order valence-electron chi connectivity index (χ3n) is 12.7. The first-order valence-corrected chi connectivity index (χ1v) is 21.1. The highest BCUT2D eigenvalue weighted by Gasteiger charge is 2.46. The maximum absolute atomic E-state index is 3.67. The number of nitrogens with zero attached hydrogens (tertiary/aromatic N) is 1. The summed E-state index contributed by atoms with van der Waals surface area (Å²) < 4.78 is 3.61. The van der Waals surface area contributed by atoms with Crippen molar-refractivity contribution in [3.8, 4) is 39.1 Å². The van der Waals surface area contributed by atoms with Crippen molar-refractivity contribution in [1.29, 1.82) is 0 Å². The average molecular weight is 815 g/mol. The van der Waals surface area contributed by atoms with Crippen LogP contribution < -0.4 is 0 Å². The van der Waals surface area contributed by atoms with Crippen LogP contribution in [-0.2, 0) is 5.41 Å². The molecule has 1 heterocycles. The third-order valence-corrected chi connectivity index (χ3v) is 13.2. The van der Waals surface area contributed by atoms with Gasteiger partial charge in [-0.1, -0.05) is 198 Å². The number of aromatic nitrogens is 1. The monoisotopic (exact) mass is 813 g/mol. The second kappa shape index (κ2) is 13.3. The smallest absolute Gasteiger partial charge is 0.0714 e. The van der Waals surface area contributed by atoms with E-state index in [1.54, 1.807) is 0 Å². The lowest BCUT2D eigenvalue weighted by molar-refractivity contribution is 0.767. The molecule has 11 aromatic rings. The molecule has 0 radical (unpaired) electrons. The lowest BCUT2D eigenvalue weighted by Crippen LogP contribution is -2.28. The third kappa shape index (κ3) is 5.03. The zero-order valence-electron chi connectivity index (χ0n) is 32.1. The van der Waals surface area contributed by atoms with Crippen LogP contribution >= 0.6 is 15.9 Å². The van der Waals surface area contributed by atoms with Crippen LogP contribution in [-0.4, -0.2) is 4.57 Å². The van der Waals surface area contributed by atoms with Crippen molar-refractivity contribution in [2.75, 3.05) is 0 Å². The summed E-state index contributed by atoms with van der Waals surface area (Å²) in [5, 5.41) is 7.58. The Labute approximate surface area is 351 Å². The van der Waals surface area contributed by atoms with Crippen molar-refractivity contribution in [2.45, 2.75) is 5.41 Å². The molecule has 1 nitrogen and oxygen atoms in total. The highest BCUT2D eigenvalue weighted by atomic mass is 79.9. The van der Waals surface area contributed by atoms with Gasteiger partial charge in [0.2, 0.25) is 0 Å². The van der Waals surface area contributed by atoms with E-state index in [9.17, 15) is 0 Å². The number of hydrogen-bond donors (Lipinski definition) is 0. The number of rotatable bonds is 5. The molecule has 12 rings (SSSR count). The molecule has 0 saturated heterocycles. The van der Waals surface area contributed by atoms with E-state index in [0.29, 0.717) is 0 Å². The fraction of sp³-hybridized carbons (Fsp3) is 0.0175. The van der Waals surface area contributed by atoms with Gasteiger partial charge in [0.05, 0.1) is 16.4 Å². The summed E-state index contributed by atoms with van der Waals surface area (Å²) >= 11 is 3.67. The van der Waals surface area contributed by atoms with E-state index in [1.807, 2.05) is 0 Å². The van der Waals surface area contributed by atoms with E-state index >= 15 is 0 Å². The summed E-state index contributed by atoms with van der Waals surface area (Å²) in [6.45, 7) is 0. The molecule has 0 aliphatic heterocycles. The van der Waals surface area contributed by atoms with E-state index in [0.717, 1.165) is 10.2 Å². The van der Waals surface area contributed by atoms with Crippen LogP contribution in [0.25, 0.3) is 82.4 Å². The minimum atomic E-state index is -0.496. The molecular formula is C57H36BrN. The quantitative estimate of drug-likeness (QED) is 0.163. The molecular weight excluding hydrogens is 779 g/mol. The van der Waals surface area contributed by atoms with Crippen molar-refractivity contribution in [3.63, 3.8) is 0 Å². The molecule has 1 aromatic heterocycles. The molecule has 10 aromatic carbocycles. The average Bonchev–Trinajstić information content (AvgIpc) is 3.80. The number of hydrogen-bond acceptors (Lipinski definition) is 0. The van der Waals surface area contributed by atoms with Gasteiger partial charge in [-0.25, -0.2) is 0 Å². The first-order chi connectivity index (χ1) is 29.2. The Morgan fingerprint density at radius 1 is 0.356 bits per heavy atom. The van der Waals surface area contributed by atoms with Crippen LogP contribution in [0.5, 0.6) is 0 Å². The molecule has 1 aliphatic rings. The molecule has 0 amide bonds. The first kappa shape index (κ1) is 34.1. The van der Waals surface area contributed by atoms with Crippen molar-refractivity contribution in [3.05, 3.63) is 245 Å². The predicted molar refractivity (Wildman–Crippen MR) is 252 cm³/mol. The van der Waals surface area contributed by atoms with E-state index in [-0.39, 0.29) is 0 Å². The SMILES string of the molecule is Brc1cccc(-c2ccc(-c3cc4c(c5ccccc35)c3c5ccccc5ccc3n4-c3ccc4c(c3)C(c3ccccc3)(c3ccccc3)c3ccccc3-4)cc2)c1. The molecule has 0 fully saturated rings. The Hall–Kier alpha value is -7.00. The Balaban J connectivity index is 1.18. The van der Waals surface area contributed by atoms with Crippen molar-refractivity contribution >= 4 is 59.3 Å². The van der Waals surface area contributed by atoms with Crippen LogP contribution in [0.3, 0.4) is 0 Å². The Morgan fingerprint density at radius 2 is 0.983 bits per heavy atom. The fourth-order valence-electron chi connectivity index (χ4n) is 10.2. The summed E-state index contributed by atoms with van der Waals surface area (Å²) in [5.41, 5.74) is 15.6. The van der Waals surface area contributed by atoms with E-state index < -0.39 is 5.41 Å². The number of halogens is 1. The summed E-state index contributed by atoms with van der Waals surface area (Å²) in [7, 11) is 0. The summed E-state index contributed by atoms with van der Waals surface area (Å²) in [5.74, 6) is 0. The highest BCUT2D eigenvalue weighted by Crippen LogP contribution is 2.57. The Morgan fingerprint density at radius 3 is 1.75 bits per heavy atom. The van der Waals surface area contributed by atoms with Gasteiger partial charge in [0, 0.05) is 20.9 Å². The van der Waals surface area contributed by atoms with Crippen molar-refractivity contribution < 1.29 is 0 Å². The van der Waals surface area contributed by atoms with Gasteiger partial charge in [0.25, 0.3) is 0 Å². The molecule has 0 bridgehead atoms. The van der Waals surface area contributed by atoms with Crippen LogP contribution in [0.1, 0.15) is 22.3 Å². The predicted octanol–water partition coefficient (Wildman–Crippen LogP) is 15.5. The lowest BCUT2D eigenvalue weighted by Gasteiger charge is -2.34. The van der Waals surface area contributed by atoms with Gasteiger partial charge in [-0.15, -0.1) is 0 Å². The number of fused-ring (bicyclic) bond motifs is 10. The minimum Gasteiger partial charge on any atom is -0.309 e. The summed E-state index contributed by atoms with van der Waals surface area (Å²) in [6, 6.07) is 80.9.